The van der Waals surface area contributed by atoms with Crippen LogP contribution in [0, 0.1) is 5.82 Å². The average molecular weight is 294 g/mol. The third kappa shape index (κ3) is 3.50. The molecule has 2 aromatic rings. The Hall–Kier alpha value is -1.58. The van der Waals surface area contributed by atoms with E-state index in [0.717, 1.165) is 12.0 Å². The second-order valence-corrected chi connectivity index (χ2v) is 4.98. The van der Waals surface area contributed by atoms with Crippen molar-refractivity contribution < 1.29 is 9.13 Å². The lowest BCUT2D eigenvalue weighted by atomic mass is 10.0. The highest BCUT2D eigenvalue weighted by Gasteiger charge is 2.11. The summed E-state index contributed by atoms with van der Waals surface area (Å²) in [6.45, 7) is 2.23. The largest absolute Gasteiger partial charge is 0.489 e. The van der Waals surface area contributed by atoms with Crippen molar-refractivity contribution in [2.75, 3.05) is 0 Å². The second-order valence-electron chi connectivity index (χ2n) is 4.58. The van der Waals surface area contributed by atoms with Gasteiger partial charge >= 0.3 is 0 Å². The summed E-state index contributed by atoms with van der Waals surface area (Å²) < 4.78 is 19.0. The Balaban J connectivity index is 2.17. The number of nitrogens with two attached hydrogens (primary N) is 1. The molecule has 106 valence electrons. The van der Waals surface area contributed by atoms with Crippen LogP contribution in [0.15, 0.2) is 42.5 Å². The Morgan fingerprint density at radius 3 is 2.75 bits per heavy atom. The fraction of sp³-hybridized carbons (Fsp3) is 0.250. The topological polar surface area (TPSA) is 35.2 Å². The molecule has 0 saturated carbocycles. The van der Waals surface area contributed by atoms with Crippen LogP contribution in [0.1, 0.15) is 30.5 Å². The van der Waals surface area contributed by atoms with Crippen LogP contribution in [0.5, 0.6) is 5.75 Å². The molecular weight excluding hydrogens is 277 g/mol. The number of rotatable bonds is 5. The zero-order valence-electron chi connectivity index (χ0n) is 11.3. The molecule has 0 bridgehead atoms. The molecule has 20 heavy (non-hydrogen) atoms. The maximum atomic E-state index is 13.2. The quantitative estimate of drug-likeness (QED) is 0.883. The van der Waals surface area contributed by atoms with Crippen molar-refractivity contribution in [1.29, 1.82) is 0 Å². The van der Waals surface area contributed by atoms with E-state index in [1.807, 2.05) is 31.2 Å². The summed E-state index contributed by atoms with van der Waals surface area (Å²) in [5.41, 5.74) is 7.62. The number of halogens is 2. The number of hydrogen-bond acceptors (Lipinski definition) is 2. The van der Waals surface area contributed by atoms with Gasteiger partial charge in [-0.15, -0.1) is 0 Å². The Labute approximate surface area is 123 Å². The molecule has 0 amide bonds. The van der Waals surface area contributed by atoms with Crippen molar-refractivity contribution in [2.45, 2.75) is 26.0 Å². The van der Waals surface area contributed by atoms with Gasteiger partial charge < -0.3 is 10.5 Å². The third-order valence-electron chi connectivity index (χ3n) is 3.15. The van der Waals surface area contributed by atoms with Crippen LogP contribution in [0.3, 0.4) is 0 Å². The fourth-order valence-corrected chi connectivity index (χ4v) is 2.12. The van der Waals surface area contributed by atoms with Gasteiger partial charge in [-0.05, 0) is 30.7 Å². The monoisotopic (exact) mass is 293 g/mol. The number of hydrogen-bond donors (Lipinski definition) is 1. The molecular formula is C16H17ClFNO. The maximum Gasteiger partial charge on any atom is 0.124 e. The Morgan fingerprint density at radius 1 is 1.25 bits per heavy atom. The first-order valence-electron chi connectivity index (χ1n) is 6.53. The van der Waals surface area contributed by atoms with E-state index in [0.29, 0.717) is 16.3 Å². The lowest BCUT2D eigenvalue weighted by Crippen LogP contribution is -2.10. The summed E-state index contributed by atoms with van der Waals surface area (Å²) >= 11 is 6.02. The van der Waals surface area contributed by atoms with Crippen LogP contribution in [-0.2, 0) is 6.61 Å². The lowest BCUT2D eigenvalue weighted by molar-refractivity contribution is 0.300. The molecule has 2 aromatic carbocycles. The van der Waals surface area contributed by atoms with Crippen molar-refractivity contribution in [3.63, 3.8) is 0 Å². The highest BCUT2D eigenvalue weighted by atomic mass is 35.5. The summed E-state index contributed by atoms with van der Waals surface area (Å²) in [7, 11) is 0. The van der Waals surface area contributed by atoms with Gasteiger partial charge in [-0.25, -0.2) is 4.39 Å². The number of para-hydroxylation sites is 1. The fourth-order valence-electron chi connectivity index (χ4n) is 1.95. The summed E-state index contributed by atoms with van der Waals surface area (Å²) in [6.07, 6.45) is 0.821. The molecule has 0 spiro atoms. The first kappa shape index (κ1) is 14.8. The summed E-state index contributed by atoms with van der Waals surface area (Å²) in [5, 5.41) is 0.490. The lowest BCUT2D eigenvalue weighted by Gasteiger charge is -2.16. The van der Waals surface area contributed by atoms with Crippen molar-refractivity contribution in [2.24, 2.45) is 5.73 Å². The summed E-state index contributed by atoms with van der Waals surface area (Å²) in [5.74, 6) is 0.383. The van der Waals surface area contributed by atoms with Gasteiger partial charge in [0, 0.05) is 22.2 Å². The van der Waals surface area contributed by atoms with Gasteiger partial charge in [0.25, 0.3) is 0 Å². The standard InChI is InChI=1S/C16H17ClFNO/c1-2-15(19)13-5-3-4-6-16(13)20-10-11-9-12(18)7-8-14(11)17/h3-9,15H,2,10,19H2,1H3/t15-/m1/s1. The van der Waals surface area contributed by atoms with Crippen molar-refractivity contribution >= 4 is 11.6 Å². The number of ether oxygens (including phenoxy) is 1. The molecule has 0 fully saturated rings. The van der Waals surface area contributed by atoms with E-state index in [2.05, 4.69) is 0 Å². The van der Waals surface area contributed by atoms with Gasteiger partial charge in [0.15, 0.2) is 0 Å². The molecule has 0 heterocycles. The van der Waals surface area contributed by atoms with Gasteiger partial charge in [0.05, 0.1) is 0 Å². The molecule has 2 N–H and O–H groups in total. The second kappa shape index (κ2) is 6.73. The summed E-state index contributed by atoms with van der Waals surface area (Å²) in [4.78, 5) is 0. The van der Waals surface area contributed by atoms with Crippen LogP contribution < -0.4 is 10.5 Å². The highest BCUT2D eigenvalue weighted by Crippen LogP contribution is 2.27. The molecule has 0 aliphatic rings. The zero-order valence-corrected chi connectivity index (χ0v) is 12.0. The van der Waals surface area contributed by atoms with Crippen LogP contribution in [-0.4, -0.2) is 0 Å². The molecule has 0 aliphatic carbocycles. The van der Waals surface area contributed by atoms with Crippen molar-refractivity contribution in [3.8, 4) is 5.75 Å². The summed E-state index contributed by atoms with van der Waals surface area (Å²) in [6, 6.07) is 11.8. The first-order chi connectivity index (χ1) is 9.61. The van der Waals surface area contributed by atoms with Crippen LogP contribution in [0.25, 0.3) is 0 Å². The molecule has 4 heteroatoms. The minimum Gasteiger partial charge on any atom is -0.489 e. The van der Waals surface area contributed by atoms with Gasteiger partial charge in [0.1, 0.15) is 18.2 Å². The SMILES string of the molecule is CC[C@@H](N)c1ccccc1OCc1cc(F)ccc1Cl. The molecule has 0 unspecified atom stereocenters. The van der Waals surface area contributed by atoms with Crippen molar-refractivity contribution in [1.82, 2.24) is 0 Å². The van der Waals surface area contributed by atoms with Crippen LogP contribution in [0.4, 0.5) is 4.39 Å². The molecule has 0 saturated heterocycles. The van der Waals surface area contributed by atoms with E-state index in [-0.39, 0.29) is 18.5 Å². The predicted octanol–water partition coefficient (Wildman–Crippen LogP) is 4.47. The first-order valence-corrected chi connectivity index (χ1v) is 6.91. The Morgan fingerprint density at radius 2 is 2.00 bits per heavy atom. The molecule has 0 aliphatic heterocycles. The normalized spacial score (nSPS) is 12.2. The third-order valence-corrected chi connectivity index (χ3v) is 3.52. The molecule has 2 nitrogen and oxygen atoms in total. The van der Waals surface area contributed by atoms with E-state index in [1.165, 1.54) is 18.2 Å². The van der Waals surface area contributed by atoms with Gasteiger partial charge in [-0.2, -0.15) is 0 Å². The molecule has 0 aromatic heterocycles. The number of benzene rings is 2. The molecule has 1 atom stereocenters. The predicted molar refractivity (Wildman–Crippen MR) is 79.4 cm³/mol. The smallest absolute Gasteiger partial charge is 0.124 e. The Kier molecular flexibility index (Phi) is 4.99. The van der Waals surface area contributed by atoms with Gasteiger partial charge in [0.2, 0.25) is 0 Å². The van der Waals surface area contributed by atoms with E-state index in [4.69, 9.17) is 22.1 Å². The van der Waals surface area contributed by atoms with E-state index in [9.17, 15) is 4.39 Å². The van der Waals surface area contributed by atoms with E-state index >= 15 is 0 Å². The highest BCUT2D eigenvalue weighted by molar-refractivity contribution is 6.31. The van der Waals surface area contributed by atoms with Gasteiger partial charge in [-0.3, -0.25) is 0 Å². The minimum absolute atomic E-state index is 0.0748. The van der Waals surface area contributed by atoms with Crippen LogP contribution >= 0.6 is 11.6 Å². The van der Waals surface area contributed by atoms with Crippen molar-refractivity contribution in [3.05, 3.63) is 64.4 Å². The molecule has 2 rings (SSSR count). The van der Waals surface area contributed by atoms with Gasteiger partial charge in [-0.1, -0.05) is 36.7 Å². The van der Waals surface area contributed by atoms with Crippen LogP contribution in [0.2, 0.25) is 5.02 Å². The Bertz CT molecular complexity index is 588. The average Bonchev–Trinajstić information content (AvgIpc) is 2.47. The zero-order chi connectivity index (χ0) is 14.5. The van der Waals surface area contributed by atoms with E-state index in [1.54, 1.807) is 0 Å². The minimum atomic E-state index is -0.327. The maximum absolute atomic E-state index is 13.2. The van der Waals surface area contributed by atoms with E-state index < -0.39 is 0 Å². The molecule has 0 radical (unpaired) electrons.